The fourth-order valence-corrected chi connectivity index (χ4v) is 4.80. The summed E-state index contributed by atoms with van der Waals surface area (Å²) in [5.41, 5.74) is 7.00. The third-order valence-electron chi connectivity index (χ3n) is 5.52. The number of thiophene rings is 1. The number of rotatable bonds is 5. The minimum atomic E-state index is 0.860. The van der Waals surface area contributed by atoms with Gasteiger partial charge >= 0.3 is 0 Å². The Kier molecular flexibility index (Phi) is 4.99. The Hall–Kier alpha value is -3.90. The highest BCUT2D eigenvalue weighted by Gasteiger charge is 2.13. The highest BCUT2D eigenvalue weighted by Crippen LogP contribution is 2.36. The number of aromatic nitrogens is 5. The molecule has 0 fully saturated rings. The number of hydrogen-bond donors (Lipinski definition) is 3. The molecule has 158 valence electrons. The molecule has 0 unspecified atom stereocenters. The molecule has 0 aliphatic heterocycles. The van der Waals surface area contributed by atoms with Crippen LogP contribution in [0, 0.1) is 0 Å². The van der Waals surface area contributed by atoms with Crippen molar-refractivity contribution >= 4 is 45.5 Å². The molecule has 1 aromatic carbocycles. The van der Waals surface area contributed by atoms with Gasteiger partial charge in [0.1, 0.15) is 5.69 Å². The van der Waals surface area contributed by atoms with Crippen LogP contribution in [0.4, 0.5) is 0 Å². The maximum atomic E-state index is 4.62. The van der Waals surface area contributed by atoms with Crippen LogP contribution in [-0.2, 0) is 0 Å². The van der Waals surface area contributed by atoms with Gasteiger partial charge < -0.3 is 4.98 Å². The van der Waals surface area contributed by atoms with E-state index in [0.29, 0.717) is 0 Å². The van der Waals surface area contributed by atoms with E-state index in [4.69, 9.17) is 0 Å². The van der Waals surface area contributed by atoms with Crippen LogP contribution >= 0.6 is 11.3 Å². The molecule has 4 heterocycles. The summed E-state index contributed by atoms with van der Waals surface area (Å²) in [6.45, 7) is 12.3. The van der Waals surface area contributed by atoms with Crippen molar-refractivity contribution in [1.82, 2.24) is 25.4 Å². The molecule has 0 saturated carbocycles. The predicted molar refractivity (Wildman–Crippen MR) is 135 cm³/mol. The first-order chi connectivity index (χ1) is 15.5. The minimum Gasteiger partial charge on any atom is -0.353 e. The maximum absolute atomic E-state index is 4.62. The van der Waals surface area contributed by atoms with Crippen LogP contribution in [0.15, 0.2) is 61.9 Å². The van der Waals surface area contributed by atoms with E-state index in [1.165, 1.54) is 20.7 Å². The maximum Gasteiger partial charge on any atom is 0.116 e. The summed E-state index contributed by atoms with van der Waals surface area (Å²) in [6.07, 6.45) is 7.67. The molecule has 5 rings (SSSR count). The number of hydrogen-bond acceptors (Lipinski definition) is 3. The van der Waals surface area contributed by atoms with Gasteiger partial charge in [-0.2, -0.15) is 10.2 Å². The molecule has 0 saturated heterocycles. The second-order valence-corrected chi connectivity index (χ2v) is 8.82. The number of benzene rings is 1. The van der Waals surface area contributed by atoms with Gasteiger partial charge in [0.05, 0.1) is 17.2 Å². The third kappa shape index (κ3) is 3.44. The highest BCUT2D eigenvalue weighted by atomic mass is 32.1. The van der Waals surface area contributed by atoms with E-state index in [-0.39, 0.29) is 0 Å². The third-order valence-corrected chi connectivity index (χ3v) is 6.80. The molecule has 5 nitrogen and oxygen atoms in total. The summed E-state index contributed by atoms with van der Waals surface area (Å²) >= 11 is 1.76. The van der Waals surface area contributed by atoms with Crippen molar-refractivity contribution in [2.24, 2.45) is 0 Å². The van der Waals surface area contributed by atoms with Crippen molar-refractivity contribution in [3.63, 3.8) is 0 Å². The van der Waals surface area contributed by atoms with Crippen LogP contribution in [0.5, 0.6) is 0 Å². The molecule has 5 aromatic rings. The predicted octanol–water partition coefficient (Wildman–Crippen LogP) is 5.34. The molecular formula is C26H23N5S. The van der Waals surface area contributed by atoms with Gasteiger partial charge in [0, 0.05) is 43.2 Å². The quantitative estimate of drug-likeness (QED) is 0.347. The number of aromatic amines is 3. The Morgan fingerprint density at radius 3 is 2.75 bits per heavy atom. The molecule has 3 N–H and O–H groups in total. The van der Waals surface area contributed by atoms with Gasteiger partial charge in [-0.25, -0.2) is 0 Å². The first-order valence-corrected chi connectivity index (χ1v) is 11.2. The summed E-state index contributed by atoms with van der Waals surface area (Å²) < 4.78 is 0. The van der Waals surface area contributed by atoms with E-state index in [9.17, 15) is 0 Å². The molecule has 0 radical (unpaired) electrons. The fraction of sp³-hybridized carbons (Fsp3) is 0.0769. The summed E-state index contributed by atoms with van der Waals surface area (Å²) in [5.74, 6) is 0. The van der Waals surface area contributed by atoms with Gasteiger partial charge in [-0.3, -0.25) is 10.2 Å². The van der Waals surface area contributed by atoms with Gasteiger partial charge in [0.25, 0.3) is 0 Å². The number of nitrogens with zero attached hydrogens (tertiary/aromatic N) is 2. The lowest BCUT2D eigenvalue weighted by atomic mass is 10.1. The van der Waals surface area contributed by atoms with Crippen molar-refractivity contribution in [3.05, 3.63) is 83.0 Å². The van der Waals surface area contributed by atoms with Gasteiger partial charge in [-0.1, -0.05) is 31.4 Å². The van der Waals surface area contributed by atoms with Crippen LogP contribution in [0.1, 0.15) is 24.3 Å². The van der Waals surface area contributed by atoms with Crippen LogP contribution < -0.4 is 10.6 Å². The molecule has 4 aromatic heterocycles. The molecule has 32 heavy (non-hydrogen) atoms. The number of H-pyrrole nitrogens is 3. The molecule has 0 aliphatic carbocycles. The lowest BCUT2D eigenvalue weighted by molar-refractivity contribution is 1.06. The first kappa shape index (κ1) is 20.0. The van der Waals surface area contributed by atoms with Gasteiger partial charge in [0.15, 0.2) is 0 Å². The van der Waals surface area contributed by atoms with Crippen LogP contribution in [0.25, 0.3) is 56.0 Å². The summed E-state index contributed by atoms with van der Waals surface area (Å²) in [6, 6.07) is 12.8. The lowest BCUT2D eigenvalue weighted by Gasteiger charge is -1.99. The van der Waals surface area contributed by atoms with Gasteiger partial charge in [-0.15, -0.1) is 11.3 Å². The molecule has 0 aliphatic rings. The molecule has 0 bridgehead atoms. The summed E-state index contributed by atoms with van der Waals surface area (Å²) in [4.78, 5) is 5.99. The average molecular weight is 438 g/mol. The Labute approximate surface area is 189 Å². The van der Waals surface area contributed by atoms with Crippen molar-refractivity contribution in [3.8, 4) is 21.8 Å². The Morgan fingerprint density at radius 1 is 1.16 bits per heavy atom. The highest BCUT2D eigenvalue weighted by molar-refractivity contribution is 7.16. The Morgan fingerprint density at radius 2 is 2.03 bits per heavy atom. The topological polar surface area (TPSA) is 73.2 Å². The van der Waals surface area contributed by atoms with E-state index in [1.807, 2.05) is 32.2 Å². The SMILES string of the molecule is C=C(/C=c1/c(-c2cc3c(-c4ccc(C(=C)C)s4)cccc3[nH]2)n[nH]/c1=C/C)c1cn[nH]c1. The Bertz CT molecular complexity index is 1570. The van der Waals surface area contributed by atoms with Gasteiger partial charge in [0.2, 0.25) is 0 Å². The summed E-state index contributed by atoms with van der Waals surface area (Å²) in [7, 11) is 0. The average Bonchev–Trinajstić information content (AvgIpc) is 3.59. The van der Waals surface area contributed by atoms with Crippen LogP contribution in [-0.4, -0.2) is 25.4 Å². The van der Waals surface area contributed by atoms with Crippen molar-refractivity contribution in [1.29, 1.82) is 0 Å². The van der Waals surface area contributed by atoms with E-state index in [1.54, 1.807) is 17.5 Å². The Balaban J connectivity index is 1.66. The number of fused-ring (bicyclic) bond motifs is 1. The smallest absolute Gasteiger partial charge is 0.116 e. The van der Waals surface area contributed by atoms with Gasteiger partial charge in [-0.05, 0) is 55.3 Å². The van der Waals surface area contributed by atoms with Crippen molar-refractivity contribution in [2.75, 3.05) is 0 Å². The van der Waals surface area contributed by atoms with E-state index < -0.39 is 0 Å². The second-order valence-electron chi connectivity index (χ2n) is 7.74. The molecule has 0 atom stereocenters. The molecule has 0 spiro atoms. The molecular weight excluding hydrogens is 414 g/mol. The minimum absolute atomic E-state index is 0.860. The van der Waals surface area contributed by atoms with E-state index >= 15 is 0 Å². The fourth-order valence-electron chi connectivity index (χ4n) is 3.83. The van der Waals surface area contributed by atoms with Crippen LogP contribution in [0.2, 0.25) is 0 Å². The monoisotopic (exact) mass is 437 g/mol. The largest absolute Gasteiger partial charge is 0.353 e. The number of nitrogens with one attached hydrogen (secondary N) is 3. The lowest BCUT2D eigenvalue weighted by Crippen LogP contribution is -2.23. The second kappa shape index (κ2) is 7.98. The molecule has 6 heteroatoms. The zero-order valence-corrected chi connectivity index (χ0v) is 18.8. The van der Waals surface area contributed by atoms with Crippen molar-refractivity contribution in [2.45, 2.75) is 13.8 Å². The first-order valence-electron chi connectivity index (χ1n) is 10.3. The normalized spacial score (nSPS) is 12.7. The van der Waals surface area contributed by atoms with Crippen molar-refractivity contribution < 1.29 is 0 Å². The number of allylic oxidation sites excluding steroid dienone is 2. The summed E-state index contributed by atoms with van der Waals surface area (Å²) in [5, 5.41) is 17.8. The standard InChI is InChI=1S/C26H23N5S/c1-5-21-20(11-16(4)17-13-27-28-14-17)26(31-30-21)23-12-19-18(7-6-8-22(19)29-23)25-10-9-24(32-25)15(2)3/h5-14,29-30H,2,4H2,1,3H3,(H,27,28)/b20-11+,21-5+. The van der Waals surface area contributed by atoms with E-state index in [2.05, 4.69) is 74.9 Å². The van der Waals surface area contributed by atoms with E-state index in [0.717, 1.165) is 44.2 Å². The molecule has 0 amide bonds. The van der Waals surface area contributed by atoms with Crippen LogP contribution in [0.3, 0.4) is 0 Å². The zero-order valence-electron chi connectivity index (χ0n) is 18.0. The zero-order chi connectivity index (χ0) is 22.2.